The van der Waals surface area contributed by atoms with Crippen LogP contribution in [-0.4, -0.2) is 39.4 Å². The van der Waals surface area contributed by atoms with E-state index >= 15 is 0 Å². The Morgan fingerprint density at radius 3 is 2.17 bits per heavy atom. The molecule has 0 atom stereocenters. The fourth-order valence-electron chi connectivity index (χ4n) is 1.29. The van der Waals surface area contributed by atoms with E-state index in [0.29, 0.717) is 4.68 Å². The van der Waals surface area contributed by atoms with Crippen LogP contribution in [0, 0.1) is 0 Å². The fourth-order valence-corrected chi connectivity index (χ4v) is 1.71. The third-order valence-electron chi connectivity index (χ3n) is 2.29. The van der Waals surface area contributed by atoms with Crippen molar-refractivity contribution in [3.63, 3.8) is 0 Å². The number of carbonyl (C=O) groups excluding carboxylic acids is 1. The van der Waals surface area contributed by atoms with Gasteiger partial charge >= 0.3 is 12.2 Å². The molecule has 0 fully saturated rings. The Bertz CT molecular complexity index is 722. The molecule has 23 heavy (non-hydrogen) atoms. The molecule has 0 bridgehead atoms. The summed E-state index contributed by atoms with van der Waals surface area (Å²) >= 11 is 27.9. The second-order valence-electron chi connectivity index (χ2n) is 3.86. The zero-order valence-corrected chi connectivity index (χ0v) is 14.0. The van der Waals surface area contributed by atoms with Crippen LogP contribution in [0.25, 0.3) is 0 Å². The summed E-state index contributed by atoms with van der Waals surface area (Å²) in [4.78, 5) is 18.5. The molecule has 0 aliphatic heterocycles. The van der Waals surface area contributed by atoms with Gasteiger partial charge in [-0.2, -0.15) is 27.6 Å². The fraction of sp³-hybridized carbons (Fsp3) is 0.375. The zero-order chi connectivity index (χ0) is 17.6. The van der Waals surface area contributed by atoms with Gasteiger partial charge in [-0.15, -0.1) is 5.10 Å². The van der Waals surface area contributed by atoms with Crippen molar-refractivity contribution < 1.29 is 18.0 Å². The lowest BCUT2D eigenvalue weighted by Crippen LogP contribution is -2.30. The van der Waals surface area contributed by atoms with E-state index in [9.17, 15) is 18.0 Å². The second kappa shape index (κ2) is 5.92. The highest BCUT2D eigenvalue weighted by molar-refractivity contribution is 6.75. The lowest BCUT2D eigenvalue weighted by Gasteiger charge is -2.23. The minimum Gasteiger partial charge on any atom is -0.243 e. The Kier molecular flexibility index (Phi) is 4.77. The van der Waals surface area contributed by atoms with E-state index in [2.05, 4.69) is 20.2 Å². The summed E-state index contributed by atoms with van der Waals surface area (Å²) in [5.41, 5.74) is 0. The second-order valence-corrected chi connectivity index (χ2v) is 7.47. The van der Waals surface area contributed by atoms with Crippen LogP contribution in [-0.2, 0) is 10.5 Å². The number of hydrogen-bond acceptors (Lipinski definition) is 5. The monoisotopic (exact) mass is 430 g/mol. The summed E-state index contributed by atoms with van der Waals surface area (Å²) < 4.78 is 34.5. The van der Waals surface area contributed by atoms with Gasteiger partial charge in [-0.05, 0) is 0 Å². The van der Waals surface area contributed by atoms with Crippen LogP contribution in [0.4, 0.5) is 18.0 Å². The first kappa shape index (κ1) is 18.5. The Morgan fingerprint density at radius 1 is 1.13 bits per heavy atom. The Balaban J connectivity index is 2.61. The number of halogens is 8. The molecular formula is C8H2Cl5F3N6O. The molecule has 2 aromatic heterocycles. The quantitative estimate of drug-likeness (QED) is 0.646. The van der Waals surface area contributed by atoms with Gasteiger partial charge in [0.15, 0.2) is 5.82 Å². The summed E-state index contributed by atoms with van der Waals surface area (Å²) in [7, 11) is 0. The number of hydrogen-bond donors (Lipinski definition) is 0. The third-order valence-corrected chi connectivity index (χ3v) is 4.63. The van der Waals surface area contributed by atoms with Gasteiger partial charge in [0.05, 0.1) is 0 Å². The van der Waals surface area contributed by atoms with Gasteiger partial charge in [0.2, 0.25) is 14.0 Å². The highest BCUT2D eigenvalue weighted by Crippen LogP contribution is 2.52. The summed E-state index contributed by atoms with van der Waals surface area (Å²) in [6.45, 7) is 0. The van der Waals surface area contributed by atoms with Gasteiger partial charge in [-0.3, -0.25) is 0 Å². The standard InChI is InChI=1S/C8H2Cl5F3N6O/c9-6(10,8(11,12)13)3-19-4(7(14,15)16)22(20-3)5(23)21-2-17-1-18-21/h1-2H. The number of aromatic nitrogens is 6. The zero-order valence-electron chi connectivity index (χ0n) is 10.3. The van der Waals surface area contributed by atoms with Crippen LogP contribution in [0.2, 0.25) is 0 Å². The third kappa shape index (κ3) is 3.50. The van der Waals surface area contributed by atoms with Crippen molar-refractivity contribution in [2.24, 2.45) is 0 Å². The molecule has 126 valence electrons. The van der Waals surface area contributed by atoms with E-state index < -0.39 is 32.0 Å². The molecule has 0 aliphatic carbocycles. The maximum Gasteiger partial charge on any atom is 0.451 e. The maximum absolute atomic E-state index is 13.0. The van der Waals surface area contributed by atoms with E-state index in [-0.39, 0.29) is 4.68 Å². The lowest BCUT2D eigenvalue weighted by molar-refractivity contribution is -0.146. The molecule has 2 rings (SSSR count). The summed E-state index contributed by atoms with van der Waals surface area (Å²) in [6.07, 6.45) is -3.29. The minimum atomic E-state index is -5.07. The van der Waals surface area contributed by atoms with Gasteiger partial charge in [-0.25, -0.2) is 14.8 Å². The van der Waals surface area contributed by atoms with Crippen LogP contribution in [0.5, 0.6) is 0 Å². The smallest absolute Gasteiger partial charge is 0.243 e. The van der Waals surface area contributed by atoms with Crippen molar-refractivity contribution >= 4 is 64.0 Å². The topological polar surface area (TPSA) is 78.5 Å². The van der Waals surface area contributed by atoms with Crippen molar-refractivity contribution in [1.29, 1.82) is 0 Å². The molecule has 0 N–H and O–H groups in total. The van der Waals surface area contributed by atoms with E-state index in [1.807, 2.05) is 0 Å². The molecule has 0 saturated carbocycles. The summed E-state index contributed by atoms with van der Waals surface area (Å²) in [5, 5.41) is 6.69. The molecule has 2 heterocycles. The van der Waals surface area contributed by atoms with Gasteiger partial charge in [-0.1, -0.05) is 58.0 Å². The lowest BCUT2D eigenvalue weighted by atomic mass is 10.4. The predicted molar refractivity (Wildman–Crippen MR) is 74.9 cm³/mol. The highest BCUT2D eigenvalue weighted by atomic mass is 35.6. The molecule has 7 nitrogen and oxygen atoms in total. The van der Waals surface area contributed by atoms with Crippen LogP contribution in [0.3, 0.4) is 0 Å². The highest BCUT2D eigenvalue weighted by Gasteiger charge is 2.53. The summed E-state index contributed by atoms with van der Waals surface area (Å²) in [5.74, 6) is -2.66. The molecule has 0 saturated heterocycles. The van der Waals surface area contributed by atoms with Crippen molar-refractivity contribution in [1.82, 2.24) is 29.5 Å². The van der Waals surface area contributed by atoms with Gasteiger partial charge in [0.1, 0.15) is 12.7 Å². The van der Waals surface area contributed by atoms with Crippen molar-refractivity contribution in [3.8, 4) is 0 Å². The number of rotatable bonds is 1. The van der Waals surface area contributed by atoms with E-state index in [1.54, 1.807) is 0 Å². The first-order valence-electron chi connectivity index (χ1n) is 5.24. The SMILES string of the molecule is O=C(n1cncn1)n1nc(C(Cl)(Cl)C(Cl)(Cl)Cl)nc1C(F)(F)F. The minimum absolute atomic E-state index is 0.125. The first-order valence-corrected chi connectivity index (χ1v) is 7.13. The molecule has 2 aromatic rings. The van der Waals surface area contributed by atoms with E-state index in [0.717, 1.165) is 12.7 Å². The average molecular weight is 432 g/mol. The van der Waals surface area contributed by atoms with Gasteiger partial charge in [0.25, 0.3) is 0 Å². The largest absolute Gasteiger partial charge is 0.451 e. The number of carbonyl (C=O) groups is 1. The molecular weight excluding hydrogens is 430 g/mol. The molecule has 0 aromatic carbocycles. The Labute approximate surface area is 150 Å². The predicted octanol–water partition coefficient (Wildman–Crippen LogP) is 3.41. The molecule has 0 unspecified atom stereocenters. The average Bonchev–Trinajstić information content (AvgIpc) is 3.05. The maximum atomic E-state index is 13.0. The summed E-state index contributed by atoms with van der Waals surface area (Å²) in [6, 6.07) is -1.35. The van der Waals surface area contributed by atoms with Gasteiger partial charge in [0, 0.05) is 0 Å². The van der Waals surface area contributed by atoms with Gasteiger partial charge < -0.3 is 0 Å². The molecule has 0 aliphatic rings. The Hall–Kier alpha value is -0.810. The molecule has 15 heteroatoms. The van der Waals surface area contributed by atoms with Crippen molar-refractivity contribution in [3.05, 3.63) is 24.3 Å². The Morgan fingerprint density at radius 2 is 1.74 bits per heavy atom. The molecule has 0 radical (unpaired) electrons. The molecule has 0 spiro atoms. The van der Waals surface area contributed by atoms with Crippen LogP contribution < -0.4 is 0 Å². The first-order chi connectivity index (χ1) is 10.4. The van der Waals surface area contributed by atoms with E-state index in [1.165, 1.54) is 0 Å². The van der Waals surface area contributed by atoms with Crippen LogP contribution >= 0.6 is 58.0 Å². The van der Waals surface area contributed by atoms with Crippen molar-refractivity contribution in [2.45, 2.75) is 14.3 Å². The normalized spacial score (nSPS) is 13.4. The van der Waals surface area contributed by atoms with E-state index in [4.69, 9.17) is 58.0 Å². The van der Waals surface area contributed by atoms with Crippen LogP contribution in [0.1, 0.15) is 11.6 Å². The van der Waals surface area contributed by atoms with Crippen LogP contribution in [0.15, 0.2) is 12.7 Å². The molecule has 0 amide bonds. The number of nitrogens with zero attached hydrogens (tertiary/aromatic N) is 6. The number of alkyl halides is 8. The van der Waals surface area contributed by atoms with Crippen molar-refractivity contribution in [2.75, 3.05) is 0 Å².